The van der Waals surface area contributed by atoms with Gasteiger partial charge in [0.1, 0.15) is 0 Å². The summed E-state index contributed by atoms with van der Waals surface area (Å²) in [5.41, 5.74) is 8.33. The third-order valence-corrected chi connectivity index (χ3v) is 3.02. The smallest absolute Gasteiger partial charge is 0.288 e. The predicted octanol–water partition coefficient (Wildman–Crippen LogP) is 4.25. The van der Waals surface area contributed by atoms with E-state index in [-0.39, 0.29) is 0 Å². The third-order valence-electron chi connectivity index (χ3n) is 2.30. The standard InChI is InChI=1S/C13H11F2NS/c14-13(15)17-12-6-4-9(5-7-12)10-2-1-3-11(16)8-10/h1-8,13H,16H2. The van der Waals surface area contributed by atoms with Crippen LogP contribution < -0.4 is 5.73 Å². The van der Waals surface area contributed by atoms with Crippen molar-refractivity contribution in [2.45, 2.75) is 10.7 Å². The SMILES string of the molecule is Nc1cccc(-c2ccc(SC(F)F)cc2)c1. The molecule has 0 aliphatic rings. The van der Waals surface area contributed by atoms with Gasteiger partial charge in [-0.2, -0.15) is 8.78 Å². The molecule has 0 heterocycles. The molecule has 0 fully saturated rings. The van der Waals surface area contributed by atoms with Crippen LogP contribution in [0.2, 0.25) is 0 Å². The van der Waals surface area contributed by atoms with Gasteiger partial charge >= 0.3 is 0 Å². The molecule has 2 rings (SSSR count). The number of halogens is 2. The molecule has 0 bridgehead atoms. The van der Waals surface area contributed by atoms with E-state index in [1.54, 1.807) is 12.1 Å². The maximum absolute atomic E-state index is 12.1. The van der Waals surface area contributed by atoms with Crippen LogP contribution in [0.4, 0.5) is 14.5 Å². The lowest BCUT2D eigenvalue weighted by Gasteiger charge is -2.04. The number of rotatable bonds is 3. The van der Waals surface area contributed by atoms with Crippen LogP contribution in [0.15, 0.2) is 53.4 Å². The van der Waals surface area contributed by atoms with E-state index in [0.717, 1.165) is 11.1 Å². The normalized spacial score (nSPS) is 10.8. The molecule has 2 aromatic carbocycles. The van der Waals surface area contributed by atoms with Gasteiger partial charge in [-0.05, 0) is 35.4 Å². The Labute approximate surface area is 103 Å². The highest BCUT2D eigenvalue weighted by atomic mass is 32.2. The monoisotopic (exact) mass is 251 g/mol. The lowest BCUT2D eigenvalue weighted by atomic mass is 10.1. The number of benzene rings is 2. The van der Waals surface area contributed by atoms with Crippen LogP contribution >= 0.6 is 11.8 Å². The van der Waals surface area contributed by atoms with Crippen molar-refractivity contribution in [1.82, 2.24) is 0 Å². The van der Waals surface area contributed by atoms with Gasteiger partial charge in [0.15, 0.2) is 0 Å². The van der Waals surface area contributed by atoms with Crippen molar-refractivity contribution < 1.29 is 8.78 Å². The minimum atomic E-state index is -2.38. The van der Waals surface area contributed by atoms with E-state index in [9.17, 15) is 8.78 Å². The summed E-state index contributed by atoms with van der Waals surface area (Å²) in [7, 11) is 0. The molecule has 4 heteroatoms. The molecule has 0 radical (unpaired) electrons. The minimum absolute atomic E-state index is 0.547. The van der Waals surface area contributed by atoms with Gasteiger partial charge < -0.3 is 5.73 Å². The van der Waals surface area contributed by atoms with E-state index in [1.807, 2.05) is 36.4 Å². The van der Waals surface area contributed by atoms with Crippen LogP contribution in [0.1, 0.15) is 0 Å². The van der Waals surface area contributed by atoms with E-state index in [0.29, 0.717) is 22.3 Å². The number of nitrogen functional groups attached to an aromatic ring is 1. The predicted molar refractivity (Wildman–Crippen MR) is 68.2 cm³/mol. The van der Waals surface area contributed by atoms with E-state index in [1.165, 1.54) is 0 Å². The summed E-state index contributed by atoms with van der Waals surface area (Å²) < 4.78 is 24.3. The quantitative estimate of drug-likeness (QED) is 0.652. The van der Waals surface area contributed by atoms with Crippen molar-refractivity contribution in [3.63, 3.8) is 0 Å². The van der Waals surface area contributed by atoms with Crippen molar-refractivity contribution in [3.8, 4) is 11.1 Å². The summed E-state index contributed by atoms with van der Waals surface area (Å²) in [5.74, 6) is -2.38. The minimum Gasteiger partial charge on any atom is -0.399 e. The highest BCUT2D eigenvalue weighted by Crippen LogP contribution is 2.28. The Morgan fingerprint density at radius 3 is 2.24 bits per heavy atom. The number of nitrogens with two attached hydrogens (primary N) is 1. The molecular formula is C13H11F2NS. The van der Waals surface area contributed by atoms with Crippen molar-refractivity contribution in [2.24, 2.45) is 0 Å². The second-order valence-corrected chi connectivity index (χ2v) is 4.59. The van der Waals surface area contributed by atoms with Gasteiger partial charge in [0.05, 0.1) is 0 Å². The zero-order valence-corrected chi connectivity index (χ0v) is 9.75. The lowest BCUT2D eigenvalue weighted by molar-refractivity contribution is 0.252. The lowest BCUT2D eigenvalue weighted by Crippen LogP contribution is -1.85. The van der Waals surface area contributed by atoms with E-state index in [4.69, 9.17) is 5.73 Å². The molecule has 0 atom stereocenters. The Hall–Kier alpha value is -1.55. The second-order valence-electron chi connectivity index (χ2n) is 3.53. The fourth-order valence-corrected chi connectivity index (χ4v) is 2.05. The van der Waals surface area contributed by atoms with E-state index in [2.05, 4.69) is 0 Å². The van der Waals surface area contributed by atoms with Crippen LogP contribution in [-0.2, 0) is 0 Å². The number of anilines is 1. The first-order valence-electron chi connectivity index (χ1n) is 5.06. The number of thioether (sulfide) groups is 1. The summed E-state index contributed by atoms with van der Waals surface area (Å²) >= 11 is 0.547. The molecule has 0 saturated heterocycles. The molecular weight excluding hydrogens is 240 g/mol. The zero-order valence-electron chi connectivity index (χ0n) is 8.94. The Kier molecular flexibility index (Phi) is 3.64. The van der Waals surface area contributed by atoms with Gasteiger partial charge in [0.2, 0.25) is 0 Å². The molecule has 0 amide bonds. The summed E-state index contributed by atoms with van der Waals surface area (Å²) in [6.07, 6.45) is 0. The Morgan fingerprint density at radius 1 is 0.941 bits per heavy atom. The number of alkyl halides is 2. The first-order valence-corrected chi connectivity index (χ1v) is 5.94. The Bertz CT molecular complexity index is 497. The Morgan fingerprint density at radius 2 is 1.65 bits per heavy atom. The molecule has 88 valence electrons. The first kappa shape index (κ1) is 11.9. The molecule has 2 N–H and O–H groups in total. The van der Waals surface area contributed by atoms with Gasteiger partial charge in [-0.25, -0.2) is 0 Å². The highest BCUT2D eigenvalue weighted by molar-refractivity contribution is 7.99. The average Bonchev–Trinajstić information content (AvgIpc) is 2.29. The molecule has 17 heavy (non-hydrogen) atoms. The topological polar surface area (TPSA) is 26.0 Å². The molecule has 2 aromatic rings. The fraction of sp³-hybridized carbons (Fsp3) is 0.0769. The maximum Gasteiger partial charge on any atom is 0.288 e. The summed E-state index contributed by atoms with van der Waals surface area (Å²) in [6.45, 7) is 0. The second kappa shape index (κ2) is 5.19. The van der Waals surface area contributed by atoms with Crippen molar-refractivity contribution in [1.29, 1.82) is 0 Å². The summed E-state index contributed by atoms with van der Waals surface area (Å²) in [5, 5.41) is 0. The maximum atomic E-state index is 12.1. The van der Waals surface area contributed by atoms with E-state index >= 15 is 0 Å². The van der Waals surface area contributed by atoms with Crippen molar-refractivity contribution >= 4 is 17.4 Å². The van der Waals surface area contributed by atoms with Gasteiger partial charge in [-0.15, -0.1) is 0 Å². The van der Waals surface area contributed by atoms with Crippen LogP contribution in [0.3, 0.4) is 0 Å². The molecule has 0 aliphatic carbocycles. The fourth-order valence-electron chi connectivity index (χ4n) is 1.55. The van der Waals surface area contributed by atoms with Gasteiger partial charge in [0, 0.05) is 10.6 Å². The van der Waals surface area contributed by atoms with Gasteiger partial charge in [-0.1, -0.05) is 36.0 Å². The Balaban J connectivity index is 2.23. The third kappa shape index (κ3) is 3.20. The molecule has 0 spiro atoms. The van der Waals surface area contributed by atoms with E-state index < -0.39 is 5.76 Å². The van der Waals surface area contributed by atoms with Crippen LogP contribution in [0.25, 0.3) is 11.1 Å². The molecule has 1 nitrogen and oxygen atoms in total. The number of hydrogen-bond acceptors (Lipinski definition) is 2. The number of hydrogen-bond donors (Lipinski definition) is 1. The van der Waals surface area contributed by atoms with Gasteiger partial charge in [0.25, 0.3) is 5.76 Å². The van der Waals surface area contributed by atoms with Crippen LogP contribution in [0, 0.1) is 0 Å². The zero-order chi connectivity index (χ0) is 12.3. The van der Waals surface area contributed by atoms with Gasteiger partial charge in [-0.3, -0.25) is 0 Å². The van der Waals surface area contributed by atoms with Crippen LogP contribution in [-0.4, -0.2) is 5.76 Å². The molecule has 0 aromatic heterocycles. The summed E-state index contributed by atoms with van der Waals surface area (Å²) in [4.78, 5) is 0.563. The van der Waals surface area contributed by atoms with Crippen LogP contribution in [0.5, 0.6) is 0 Å². The average molecular weight is 251 g/mol. The molecule has 0 aliphatic heterocycles. The largest absolute Gasteiger partial charge is 0.399 e. The summed E-state index contributed by atoms with van der Waals surface area (Å²) in [6, 6.07) is 14.5. The highest BCUT2D eigenvalue weighted by Gasteiger charge is 2.05. The molecule has 0 unspecified atom stereocenters. The molecule has 0 saturated carbocycles. The van der Waals surface area contributed by atoms with Crippen molar-refractivity contribution in [3.05, 3.63) is 48.5 Å². The first-order chi connectivity index (χ1) is 8.15. The van der Waals surface area contributed by atoms with Crippen molar-refractivity contribution in [2.75, 3.05) is 5.73 Å².